The van der Waals surface area contributed by atoms with Gasteiger partial charge in [-0.3, -0.25) is 0 Å². The number of aryl methyl sites for hydroxylation is 3. The van der Waals surface area contributed by atoms with Crippen LogP contribution in [0.3, 0.4) is 0 Å². The Balaban J connectivity index is 0.000000569. The Hall–Kier alpha value is -1.64. The van der Waals surface area contributed by atoms with Crippen LogP contribution in [-0.4, -0.2) is 0 Å². The largest absolute Gasteiger partial charge is 2.00 e. The zero-order chi connectivity index (χ0) is 19.4. The van der Waals surface area contributed by atoms with Gasteiger partial charge in [0.1, 0.15) is 0 Å². The molecule has 1 aliphatic rings. The molecule has 3 aromatic rings. The Kier molecular flexibility index (Phi) is 12.2. The topological polar surface area (TPSA) is 23.8 Å². The first kappa shape index (κ1) is 28.4. The van der Waals surface area contributed by atoms with Crippen LogP contribution < -0.4 is 24.8 Å². The maximum atomic E-state index is 7.54. The van der Waals surface area contributed by atoms with Crippen LogP contribution in [0.25, 0.3) is 11.8 Å². The average molecular weight is 472 g/mol. The minimum atomic E-state index is 0. The van der Waals surface area contributed by atoms with E-state index in [4.69, 9.17) is 5.73 Å². The van der Waals surface area contributed by atoms with Crippen LogP contribution in [0.15, 0.2) is 66.7 Å². The van der Waals surface area contributed by atoms with E-state index in [0.717, 1.165) is 11.1 Å². The Morgan fingerprint density at radius 2 is 1.33 bits per heavy atom. The molecule has 1 N–H and O–H groups in total. The van der Waals surface area contributed by atoms with Crippen LogP contribution in [0.2, 0.25) is 0 Å². The number of nitrogens with one attached hydrogen (secondary N) is 1. The van der Waals surface area contributed by atoms with Crippen molar-refractivity contribution in [3.8, 4) is 0 Å². The molecule has 0 bridgehead atoms. The normalized spacial score (nSPS) is 12.9. The van der Waals surface area contributed by atoms with Crippen molar-refractivity contribution in [2.24, 2.45) is 0 Å². The molecule has 0 saturated carbocycles. The van der Waals surface area contributed by atoms with Crippen LogP contribution in [0.5, 0.6) is 0 Å². The number of fused-ring (bicyclic) bond motifs is 1. The van der Waals surface area contributed by atoms with E-state index in [2.05, 4.69) is 81.0 Å². The second kappa shape index (κ2) is 12.9. The van der Waals surface area contributed by atoms with Gasteiger partial charge in [-0.15, -0.1) is 23.4 Å². The maximum absolute atomic E-state index is 7.54. The van der Waals surface area contributed by atoms with Crippen LogP contribution in [0.1, 0.15) is 51.8 Å². The molecule has 0 radical (unpaired) electrons. The van der Waals surface area contributed by atoms with Gasteiger partial charge in [0, 0.05) is 0 Å². The van der Waals surface area contributed by atoms with E-state index in [1.54, 1.807) is 0 Å². The zero-order valence-corrected chi connectivity index (χ0v) is 20.9. The third-order valence-corrected chi connectivity index (χ3v) is 5.12. The molecule has 4 heteroatoms. The smallest absolute Gasteiger partial charge is 1.00 e. The summed E-state index contributed by atoms with van der Waals surface area (Å²) in [5.41, 5.74) is 17.1. The predicted octanol–water partition coefficient (Wildman–Crippen LogP) is 1.72. The standard InChI is InChI=1S/C17H15.C9H12N.2ClH.Ti/c1-2-13-7-3-5-9-15(13)17-12-11-14-8-4-6-10-16(14)17;1-6-4-7(2)9(10)8(3)5-6;;;/h2-12,17H,1H3;4-5,10H,1-3H3;2*1H;/q2*-1;;;+2/p-2. The molecule has 3 aromatic carbocycles. The van der Waals surface area contributed by atoms with Crippen LogP contribution in [0, 0.1) is 27.2 Å². The first-order valence-electron chi connectivity index (χ1n) is 9.46. The summed E-state index contributed by atoms with van der Waals surface area (Å²) in [6.45, 7) is 8.10. The molecule has 156 valence electrons. The van der Waals surface area contributed by atoms with Gasteiger partial charge in [-0.2, -0.15) is 18.1 Å². The van der Waals surface area contributed by atoms with Gasteiger partial charge in [0.25, 0.3) is 0 Å². The summed E-state index contributed by atoms with van der Waals surface area (Å²) in [6.07, 6.45) is 6.71. The molecule has 30 heavy (non-hydrogen) atoms. The summed E-state index contributed by atoms with van der Waals surface area (Å²) in [5, 5.41) is 0. The molecule has 0 saturated heterocycles. The van der Waals surface area contributed by atoms with Gasteiger partial charge in [0.15, 0.2) is 0 Å². The fourth-order valence-electron chi connectivity index (χ4n) is 3.76. The summed E-state index contributed by atoms with van der Waals surface area (Å²) < 4.78 is 0. The van der Waals surface area contributed by atoms with E-state index >= 15 is 0 Å². The molecule has 1 nitrogen and oxygen atoms in total. The molecule has 1 atom stereocenters. The molecule has 0 amide bonds. The number of halogens is 2. The molecule has 0 aliphatic heterocycles. The third kappa shape index (κ3) is 6.43. The SMILES string of the molecule is C[CH-]c1ccccc1C1C=Cc2ccccc21.Cc1cc(C)c([NH-])c(C)c1.[Cl-].[Cl-].[Ti+2]. The molecule has 0 heterocycles. The summed E-state index contributed by atoms with van der Waals surface area (Å²) in [5.74, 6) is 0.415. The molecular weight excluding hydrogens is 445 g/mol. The van der Waals surface area contributed by atoms with Crippen molar-refractivity contribution in [1.29, 1.82) is 0 Å². The van der Waals surface area contributed by atoms with Crippen molar-refractivity contribution >= 4 is 11.8 Å². The van der Waals surface area contributed by atoms with Crippen molar-refractivity contribution in [3.05, 3.63) is 118 Å². The van der Waals surface area contributed by atoms with Gasteiger partial charge >= 0.3 is 21.7 Å². The number of benzene rings is 3. The number of rotatable bonds is 2. The number of hydrogen-bond acceptors (Lipinski definition) is 0. The Labute approximate surface area is 208 Å². The second-order valence-corrected chi connectivity index (χ2v) is 7.16. The van der Waals surface area contributed by atoms with Gasteiger partial charge in [0.2, 0.25) is 0 Å². The summed E-state index contributed by atoms with van der Waals surface area (Å²) >= 11 is 0. The third-order valence-electron chi connectivity index (χ3n) is 5.12. The number of allylic oxidation sites excluding steroid dienone is 1. The minimum absolute atomic E-state index is 0. The van der Waals surface area contributed by atoms with Crippen molar-refractivity contribution in [1.82, 2.24) is 0 Å². The number of hydrogen-bond donors (Lipinski definition) is 0. The Morgan fingerprint density at radius 1 is 0.800 bits per heavy atom. The van der Waals surface area contributed by atoms with Gasteiger partial charge in [-0.1, -0.05) is 78.2 Å². The molecule has 1 unspecified atom stereocenters. The molecule has 1 aliphatic carbocycles. The van der Waals surface area contributed by atoms with Crippen LogP contribution in [-0.2, 0) is 21.7 Å². The fraction of sp³-hybridized carbons (Fsp3) is 0.192. The summed E-state index contributed by atoms with van der Waals surface area (Å²) in [7, 11) is 0. The van der Waals surface area contributed by atoms with E-state index in [-0.39, 0.29) is 46.5 Å². The van der Waals surface area contributed by atoms with Crippen LogP contribution in [0.4, 0.5) is 5.69 Å². The van der Waals surface area contributed by atoms with E-state index in [1.165, 1.54) is 27.8 Å². The second-order valence-electron chi connectivity index (χ2n) is 7.16. The first-order chi connectivity index (χ1) is 13.0. The molecule has 0 fully saturated rings. The van der Waals surface area contributed by atoms with E-state index in [0.29, 0.717) is 11.6 Å². The van der Waals surface area contributed by atoms with E-state index in [1.807, 2.05) is 26.0 Å². The van der Waals surface area contributed by atoms with Crippen LogP contribution >= 0.6 is 0 Å². The molecule has 0 aromatic heterocycles. The molecular formula is C26H27Cl2NTi-2. The van der Waals surface area contributed by atoms with Crippen molar-refractivity contribution in [2.75, 3.05) is 0 Å². The van der Waals surface area contributed by atoms with Crippen molar-refractivity contribution < 1.29 is 46.5 Å². The fourth-order valence-corrected chi connectivity index (χ4v) is 3.76. The van der Waals surface area contributed by atoms with E-state index in [9.17, 15) is 0 Å². The quantitative estimate of drug-likeness (QED) is 0.401. The molecule has 0 spiro atoms. The Morgan fingerprint density at radius 3 is 1.93 bits per heavy atom. The monoisotopic (exact) mass is 471 g/mol. The van der Waals surface area contributed by atoms with Gasteiger partial charge in [-0.05, 0) is 37.8 Å². The molecule has 4 rings (SSSR count). The van der Waals surface area contributed by atoms with E-state index < -0.39 is 0 Å². The van der Waals surface area contributed by atoms with Gasteiger partial charge in [-0.25, -0.2) is 0 Å². The first-order valence-corrected chi connectivity index (χ1v) is 9.46. The Bertz CT molecular complexity index is 959. The summed E-state index contributed by atoms with van der Waals surface area (Å²) in [6, 6.07) is 21.3. The van der Waals surface area contributed by atoms with Gasteiger partial charge < -0.3 is 30.5 Å². The van der Waals surface area contributed by atoms with Crippen molar-refractivity contribution in [3.63, 3.8) is 0 Å². The van der Waals surface area contributed by atoms with Crippen molar-refractivity contribution in [2.45, 2.75) is 33.6 Å². The predicted molar refractivity (Wildman–Crippen MR) is 117 cm³/mol. The average Bonchev–Trinajstić information content (AvgIpc) is 3.10. The van der Waals surface area contributed by atoms with Gasteiger partial charge in [0.05, 0.1) is 0 Å². The maximum Gasteiger partial charge on any atom is 2.00 e. The summed E-state index contributed by atoms with van der Waals surface area (Å²) in [4.78, 5) is 0. The zero-order valence-electron chi connectivity index (χ0n) is 17.8. The minimum Gasteiger partial charge on any atom is -1.00 e.